The lowest BCUT2D eigenvalue weighted by atomic mass is 9.80. The fourth-order valence-electron chi connectivity index (χ4n) is 8.32. The minimum atomic E-state index is -0.571. The molecule has 12 nitrogen and oxygen atoms in total. The van der Waals surface area contributed by atoms with Gasteiger partial charge in [0.15, 0.2) is 11.6 Å². The molecule has 6 aliphatic rings. The number of phenols is 1. The van der Waals surface area contributed by atoms with E-state index in [0.717, 1.165) is 16.7 Å². The topological polar surface area (TPSA) is 159 Å². The zero-order valence-corrected chi connectivity index (χ0v) is 32.1. The van der Waals surface area contributed by atoms with Gasteiger partial charge in [-0.05, 0) is 101 Å². The minimum absolute atomic E-state index is 0.0133. The van der Waals surface area contributed by atoms with Gasteiger partial charge in [-0.15, -0.1) is 0 Å². The monoisotopic (exact) mass is 774 g/mol. The first-order valence-electron chi connectivity index (χ1n) is 18.9. The summed E-state index contributed by atoms with van der Waals surface area (Å²) in [7, 11) is 1.54. The zero-order chi connectivity index (χ0) is 40.0. The third kappa shape index (κ3) is 6.05. The summed E-state index contributed by atoms with van der Waals surface area (Å²) in [6.45, 7) is 7.87. The molecule has 0 unspecified atom stereocenters. The molecule has 4 aromatic rings. The molecule has 0 saturated carbocycles. The second kappa shape index (κ2) is 13.3. The van der Waals surface area contributed by atoms with Crippen LogP contribution in [0, 0.1) is 0 Å². The Bertz CT molecular complexity index is 2420. The van der Waals surface area contributed by atoms with Crippen molar-refractivity contribution in [3.8, 4) is 46.0 Å². The molecule has 0 fully saturated rings. The van der Waals surface area contributed by atoms with E-state index in [1.807, 2.05) is 58.1 Å². The number of rotatable bonds is 3. The summed E-state index contributed by atoms with van der Waals surface area (Å²) in [6, 6.07) is 13.7. The number of Topliss-reactive ketones (excluding diaryl/α,β-unsaturated/α-hetero) is 2. The van der Waals surface area contributed by atoms with E-state index in [-0.39, 0.29) is 43.7 Å². The Morgan fingerprint density at radius 1 is 0.667 bits per heavy atom. The van der Waals surface area contributed by atoms with Crippen molar-refractivity contribution < 1.29 is 58.1 Å². The highest BCUT2D eigenvalue weighted by Crippen LogP contribution is 2.50. The lowest BCUT2D eigenvalue weighted by Crippen LogP contribution is -2.43. The Morgan fingerprint density at radius 2 is 1.14 bits per heavy atom. The van der Waals surface area contributed by atoms with Gasteiger partial charge in [0.05, 0.1) is 54.4 Å². The van der Waals surface area contributed by atoms with Crippen LogP contribution < -0.4 is 33.2 Å². The summed E-state index contributed by atoms with van der Waals surface area (Å²) in [4.78, 5) is 26.9. The second-order valence-corrected chi connectivity index (χ2v) is 15.9. The Hall–Kier alpha value is -5.98. The fraction of sp³-hybridized carbons (Fsp3) is 0.333. The highest BCUT2D eigenvalue weighted by Gasteiger charge is 2.46. The standard InChI is InChI=1S/C23H22O6.C22H20O6/c1-23(2)7-6-13-16(29-23)5-4-14-21(25)20-15-9-17(26-3)12(10-24)8-18(15)27-11-19(20)28-22(13)14;1-22(2)6-5-12-16(28-22)4-3-13-20(25)19-14-8-15(24)11(9-23)7-17(14)26-10-18(19)27-21(12)13/h4-9,19-20,24H,10-11H2,1-3H3;3-8,18-19,23-24H,9-10H2,1-2H3/t19-,20+;18-,19+/m11/s1. The van der Waals surface area contributed by atoms with Crippen molar-refractivity contribution in [3.05, 3.63) is 105 Å². The maximum absolute atomic E-state index is 13.5. The maximum Gasteiger partial charge on any atom is 0.178 e. The number of benzene rings is 4. The highest BCUT2D eigenvalue weighted by atomic mass is 16.6. The molecule has 57 heavy (non-hydrogen) atoms. The van der Waals surface area contributed by atoms with Crippen LogP contribution in [0.1, 0.15) is 93.6 Å². The number of aliphatic hydroxyl groups is 2. The van der Waals surface area contributed by atoms with Crippen molar-refractivity contribution in [2.24, 2.45) is 0 Å². The zero-order valence-electron chi connectivity index (χ0n) is 32.1. The molecule has 0 saturated heterocycles. The van der Waals surface area contributed by atoms with Gasteiger partial charge in [-0.1, -0.05) is 0 Å². The van der Waals surface area contributed by atoms with Crippen LogP contribution in [0.4, 0.5) is 0 Å². The second-order valence-electron chi connectivity index (χ2n) is 15.9. The molecular weight excluding hydrogens is 732 g/mol. The molecule has 0 bridgehead atoms. The molecule has 0 amide bonds. The predicted octanol–water partition coefficient (Wildman–Crippen LogP) is 6.68. The first-order valence-corrected chi connectivity index (χ1v) is 18.9. The molecular formula is C45H42O12. The maximum atomic E-state index is 13.5. The number of hydrogen-bond donors (Lipinski definition) is 3. The number of ether oxygens (including phenoxy) is 7. The van der Waals surface area contributed by atoms with Gasteiger partial charge in [0.25, 0.3) is 0 Å². The van der Waals surface area contributed by atoms with Crippen molar-refractivity contribution in [3.63, 3.8) is 0 Å². The summed E-state index contributed by atoms with van der Waals surface area (Å²) in [5.74, 6) is 2.83. The lowest BCUT2D eigenvalue weighted by Gasteiger charge is -2.38. The van der Waals surface area contributed by atoms with E-state index in [4.69, 9.17) is 33.2 Å². The van der Waals surface area contributed by atoms with E-state index >= 15 is 0 Å². The van der Waals surface area contributed by atoms with Gasteiger partial charge in [-0.25, -0.2) is 0 Å². The number of fused-ring (bicyclic) bond motifs is 12. The third-order valence-corrected chi connectivity index (χ3v) is 11.2. The average Bonchev–Trinajstić information content (AvgIpc) is 3.18. The molecule has 10 rings (SSSR count). The van der Waals surface area contributed by atoms with Gasteiger partial charge in [0.1, 0.15) is 82.6 Å². The summed E-state index contributed by atoms with van der Waals surface area (Å²) in [5, 5.41) is 29.1. The van der Waals surface area contributed by atoms with E-state index in [1.165, 1.54) is 13.2 Å². The fourth-order valence-corrected chi connectivity index (χ4v) is 8.32. The van der Waals surface area contributed by atoms with E-state index < -0.39 is 35.2 Å². The summed E-state index contributed by atoms with van der Waals surface area (Å²) in [6.07, 6.45) is 6.85. The van der Waals surface area contributed by atoms with Gasteiger partial charge in [0.2, 0.25) is 0 Å². The van der Waals surface area contributed by atoms with Crippen LogP contribution in [-0.2, 0) is 13.2 Å². The summed E-state index contributed by atoms with van der Waals surface area (Å²) in [5.41, 5.74) is 4.02. The third-order valence-electron chi connectivity index (χ3n) is 11.2. The SMILES string of the molecule is CC1(C)C=Cc2c(ccc3c2O[C@@H]2COc4cc(CO)c(O)cc4[C@@H]2C3=O)O1.COc1cc2c(cc1CO)OC[C@H]1Oc3c(ccc4c3C=CC(C)(C)O4)C(=O)[C@@H]21. The van der Waals surface area contributed by atoms with Gasteiger partial charge >= 0.3 is 0 Å². The normalized spacial score (nSPS) is 23.1. The molecule has 0 aliphatic carbocycles. The lowest BCUT2D eigenvalue weighted by molar-refractivity contribution is 0.0547. The average molecular weight is 775 g/mol. The smallest absolute Gasteiger partial charge is 0.178 e. The predicted molar refractivity (Wildman–Crippen MR) is 207 cm³/mol. The van der Waals surface area contributed by atoms with E-state index in [9.17, 15) is 24.9 Å². The molecule has 6 heterocycles. The number of carbonyl (C=O) groups excluding carboxylic acids is 2. The Balaban J connectivity index is 0.000000148. The molecule has 294 valence electrons. The van der Waals surface area contributed by atoms with Crippen LogP contribution in [0.15, 0.2) is 60.7 Å². The summed E-state index contributed by atoms with van der Waals surface area (Å²) >= 11 is 0. The van der Waals surface area contributed by atoms with E-state index in [2.05, 4.69) is 0 Å². The molecule has 4 aromatic carbocycles. The minimum Gasteiger partial charge on any atom is -0.508 e. The first-order chi connectivity index (χ1) is 27.3. The van der Waals surface area contributed by atoms with Gasteiger partial charge < -0.3 is 48.5 Å². The summed E-state index contributed by atoms with van der Waals surface area (Å²) < 4.78 is 41.6. The number of aliphatic hydroxyl groups excluding tert-OH is 2. The number of ketones is 2. The molecule has 4 atom stereocenters. The van der Waals surface area contributed by atoms with E-state index in [0.29, 0.717) is 68.1 Å². The van der Waals surface area contributed by atoms with Gasteiger partial charge in [-0.2, -0.15) is 0 Å². The molecule has 0 spiro atoms. The molecule has 12 heteroatoms. The van der Waals surface area contributed by atoms with Crippen molar-refractivity contribution >= 4 is 23.7 Å². The van der Waals surface area contributed by atoms with Crippen molar-refractivity contribution in [1.82, 2.24) is 0 Å². The Kier molecular flexibility index (Phi) is 8.56. The Morgan fingerprint density at radius 3 is 1.61 bits per heavy atom. The number of methoxy groups -OCH3 is 1. The Labute approximate surface area is 328 Å². The molecule has 0 aromatic heterocycles. The molecule has 6 aliphatic heterocycles. The van der Waals surface area contributed by atoms with Gasteiger partial charge in [-0.3, -0.25) is 9.59 Å². The van der Waals surface area contributed by atoms with Crippen LogP contribution in [0.3, 0.4) is 0 Å². The molecule has 3 N–H and O–H groups in total. The van der Waals surface area contributed by atoms with Crippen molar-refractivity contribution in [2.45, 2.75) is 76.2 Å². The molecule has 0 radical (unpaired) electrons. The first kappa shape index (κ1) is 36.6. The van der Waals surface area contributed by atoms with E-state index in [1.54, 1.807) is 36.4 Å². The number of aromatic hydroxyl groups is 1. The van der Waals surface area contributed by atoms with Crippen LogP contribution in [0.5, 0.6) is 46.0 Å². The van der Waals surface area contributed by atoms with Crippen molar-refractivity contribution in [1.29, 1.82) is 0 Å². The van der Waals surface area contributed by atoms with Crippen LogP contribution in [0.25, 0.3) is 12.2 Å². The largest absolute Gasteiger partial charge is 0.508 e. The van der Waals surface area contributed by atoms with Crippen LogP contribution >= 0.6 is 0 Å². The van der Waals surface area contributed by atoms with Gasteiger partial charge in [0, 0.05) is 22.3 Å². The van der Waals surface area contributed by atoms with Crippen molar-refractivity contribution in [2.75, 3.05) is 20.3 Å². The number of hydrogen-bond acceptors (Lipinski definition) is 12. The highest BCUT2D eigenvalue weighted by molar-refractivity contribution is 6.07. The van der Waals surface area contributed by atoms with Crippen LogP contribution in [0.2, 0.25) is 0 Å². The quantitative estimate of drug-likeness (QED) is 0.203. The number of carbonyl (C=O) groups is 2. The van der Waals surface area contributed by atoms with Crippen LogP contribution in [-0.4, -0.2) is 70.6 Å².